The van der Waals surface area contributed by atoms with E-state index in [0.717, 1.165) is 33.5 Å². The van der Waals surface area contributed by atoms with Crippen LogP contribution in [0.15, 0.2) is 75.5 Å². The van der Waals surface area contributed by atoms with Crippen molar-refractivity contribution in [3.8, 4) is 0 Å². The van der Waals surface area contributed by atoms with Gasteiger partial charge in [-0.05, 0) is 35.1 Å². The summed E-state index contributed by atoms with van der Waals surface area (Å²) < 4.78 is 2.89. The van der Waals surface area contributed by atoms with Crippen LogP contribution in [0.3, 0.4) is 0 Å². The van der Waals surface area contributed by atoms with Crippen LogP contribution in [0.2, 0.25) is 0 Å². The van der Waals surface area contributed by atoms with Crippen molar-refractivity contribution in [2.24, 2.45) is 5.41 Å². The fourth-order valence-corrected chi connectivity index (χ4v) is 5.38. The van der Waals surface area contributed by atoms with Gasteiger partial charge in [0.2, 0.25) is 11.1 Å². The van der Waals surface area contributed by atoms with E-state index in [0.29, 0.717) is 17.5 Å². The molecule has 1 atom stereocenters. The van der Waals surface area contributed by atoms with Crippen LogP contribution in [0, 0.1) is 5.41 Å². The van der Waals surface area contributed by atoms with E-state index in [1.165, 1.54) is 5.56 Å². The third kappa shape index (κ3) is 4.08. The highest BCUT2D eigenvalue weighted by Gasteiger charge is 2.41. The molecule has 158 valence electrons. The summed E-state index contributed by atoms with van der Waals surface area (Å²) in [5.41, 5.74) is 4.00. The summed E-state index contributed by atoms with van der Waals surface area (Å²) in [5, 5.41) is 8.96. The van der Waals surface area contributed by atoms with Crippen molar-refractivity contribution >= 4 is 39.4 Å². The average molecular weight is 495 g/mol. The van der Waals surface area contributed by atoms with Crippen molar-refractivity contribution in [3.63, 3.8) is 0 Å². The largest absolute Gasteiger partial charge is 0.328 e. The lowest BCUT2D eigenvalue weighted by Crippen LogP contribution is -2.36. The van der Waals surface area contributed by atoms with Gasteiger partial charge < -0.3 is 5.32 Å². The minimum Gasteiger partial charge on any atom is -0.328 e. The van der Waals surface area contributed by atoms with Crippen molar-refractivity contribution < 1.29 is 4.79 Å². The van der Waals surface area contributed by atoms with E-state index < -0.39 is 0 Å². The second-order valence-corrected chi connectivity index (χ2v) is 10.7. The molecule has 0 radical (unpaired) electrons. The van der Waals surface area contributed by atoms with Gasteiger partial charge in [0.1, 0.15) is 6.04 Å². The number of ketones is 1. The number of nitrogens with zero attached hydrogens (tertiary/aromatic N) is 3. The summed E-state index contributed by atoms with van der Waals surface area (Å²) >= 11 is 5.12. The minimum absolute atomic E-state index is 0.0692. The molecule has 0 saturated heterocycles. The Labute approximate surface area is 194 Å². The van der Waals surface area contributed by atoms with Crippen LogP contribution in [0.25, 0.3) is 0 Å². The van der Waals surface area contributed by atoms with Gasteiger partial charge in [0.05, 0.1) is 0 Å². The number of hydrogen-bond acceptors (Lipinski definition) is 5. The number of nitrogens with one attached hydrogen (secondary N) is 1. The molecule has 0 bridgehead atoms. The number of rotatable bonds is 4. The molecular formula is C24H23BrN4OS. The zero-order chi connectivity index (χ0) is 21.6. The quantitative estimate of drug-likeness (QED) is 0.451. The van der Waals surface area contributed by atoms with Crippen LogP contribution >= 0.6 is 27.7 Å². The van der Waals surface area contributed by atoms with E-state index in [4.69, 9.17) is 10.1 Å². The Bertz CT molecular complexity index is 1170. The van der Waals surface area contributed by atoms with Crippen molar-refractivity contribution in [3.05, 3.63) is 81.5 Å². The maximum atomic E-state index is 13.2. The van der Waals surface area contributed by atoms with Gasteiger partial charge in [-0.25, -0.2) is 4.68 Å². The van der Waals surface area contributed by atoms with Gasteiger partial charge >= 0.3 is 0 Å². The molecular weight excluding hydrogens is 472 g/mol. The molecule has 0 fully saturated rings. The molecule has 1 aliphatic heterocycles. The molecule has 0 amide bonds. The molecule has 7 heteroatoms. The summed E-state index contributed by atoms with van der Waals surface area (Å²) in [6, 6.07) is 18.2. The predicted molar refractivity (Wildman–Crippen MR) is 127 cm³/mol. The van der Waals surface area contributed by atoms with Crippen LogP contribution in [0.4, 0.5) is 5.95 Å². The zero-order valence-electron chi connectivity index (χ0n) is 17.4. The van der Waals surface area contributed by atoms with Crippen LogP contribution in [-0.2, 0) is 10.5 Å². The Morgan fingerprint density at radius 1 is 1.13 bits per heavy atom. The third-order valence-electron chi connectivity index (χ3n) is 5.71. The van der Waals surface area contributed by atoms with Crippen LogP contribution < -0.4 is 5.32 Å². The standard InChI is InChI=1S/C24H23BrN4OS/c1-24(2)12-18-20(19(30)13-24)21(16-8-10-17(25)11-9-16)29-22(26-18)27-23(28-29)31-14-15-6-4-3-5-7-15/h3-11,21H,12-14H2,1-2H3,(H,26,27,28). The monoisotopic (exact) mass is 494 g/mol. The highest BCUT2D eigenvalue weighted by atomic mass is 79.9. The van der Waals surface area contributed by atoms with Gasteiger partial charge in [-0.1, -0.05) is 84.0 Å². The molecule has 1 N–H and O–H groups in total. The fourth-order valence-electron chi connectivity index (χ4n) is 4.33. The summed E-state index contributed by atoms with van der Waals surface area (Å²) in [6.45, 7) is 4.29. The molecule has 2 aliphatic rings. The summed E-state index contributed by atoms with van der Waals surface area (Å²) in [4.78, 5) is 18.0. The average Bonchev–Trinajstić information content (AvgIpc) is 3.14. The lowest BCUT2D eigenvalue weighted by atomic mass is 9.73. The Morgan fingerprint density at radius 2 is 1.87 bits per heavy atom. The molecule has 1 aliphatic carbocycles. The Kier molecular flexibility index (Phi) is 5.26. The number of aromatic nitrogens is 3. The van der Waals surface area contributed by atoms with Gasteiger partial charge in [-0.2, -0.15) is 4.98 Å². The minimum atomic E-state index is -0.262. The first-order valence-corrected chi connectivity index (χ1v) is 12.1. The van der Waals surface area contributed by atoms with Crippen LogP contribution in [-0.4, -0.2) is 20.5 Å². The van der Waals surface area contributed by atoms with E-state index in [2.05, 4.69) is 59.4 Å². The molecule has 1 unspecified atom stereocenters. The maximum Gasteiger partial charge on any atom is 0.227 e. The smallest absolute Gasteiger partial charge is 0.227 e. The highest BCUT2D eigenvalue weighted by molar-refractivity contribution is 9.10. The molecule has 5 nitrogen and oxygen atoms in total. The van der Waals surface area contributed by atoms with E-state index in [-0.39, 0.29) is 17.2 Å². The number of anilines is 1. The number of allylic oxidation sites excluding steroid dienone is 2. The number of carbonyl (C=O) groups is 1. The number of hydrogen-bond donors (Lipinski definition) is 1. The second kappa shape index (κ2) is 7.95. The first-order valence-electron chi connectivity index (χ1n) is 10.3. The lowest BCUT2D eigenvalue weighted by Gasteiger charge is -2.38. The van der Waals surface area contributed by atoms with Crippen molar-refractivity contribution in [2.75, 3.05) is 5.32 Å². The summed E-state index contributed by atoms with van der Waals surface area (Å²) in [7, 11) is 0. The number of benzene rings is 2. The van der Waals surface area contributed by atoms with Crippen LogP contribution in [0.5, 0.6) is 0 Å². The first-order chi connectivity index (χ1) is 14.9. The third-order valence-corrected chi connectivity index (χ3v) is 7.15. The van der Waals surface area contributed by atoms with Gasteiger partial charge in [0.25, 0.3) is 0 Å². The van der Waals surface area contributed by atoms with Gasteiger partial charge in [-0.15, -0.1) is 5.10 Å². The molecule has 1 aromatic heterocycles. The Hall–Kier alpha value is -2.38. The molecule has 3 aromatic rings. The molecule has 2 heterocycles. The number of halogens is 1. The SMILES string of the molecule is CC1(C)CC(=O)C2=C(C1)Nc1nc(SCc3ccccc3)nn1C2c1ccc(Br)cc1. The normalized spacial score (nSPS) is 19.6. The Balaban J connectivity index is 1.54. The molecule has 31 heavy (non-hydrogen) atoms. The number of thioether (sulfide) groups is 1. The van der Waals surface area contributed by atoms with E-state index >= 15 is 0 Å². The van der Waals surface area contributed by atoms with Gasteiger partial charge in [0, 0.05) is 27.9 Å². The van der Waals surface area contributed by atoms with Crippen LogP contribution in [0.1, 0.15) is 43.9 Å². The lowest BCUT2D eigenvalue weighted by molar-refractivity contribution is -0.118. The predicted octanol–water partition coefficient (Wildman–Crippen LogP) is 5.99. The fraction of sp³-hybridized carbons (Fsp3) is 0.292. The van der Waals surface area contributed by atoms with Gasteiger partial charge in [0.15, 0.2) is 5.78 Å². The highest BCUT2D eigenvalue weighted by Crippen LogP contribution is 2.45. The molecule has 2 aromatic carbocycles. The molecule has 0 saturated carbocycles. The topological polar surface area (TPSA) is 59.8 Å². The van der Waals surface area contributed by atoms with Crippen molar-refractivity contribution in [1.29, 1.82) is 0 Å². The first kappa shape index (κ1) is 20.5. The zero-order valence-corrected chi connectivity index (χ0v) is 19.8. The summed E-state index contributed by atoms with van der Waals surface area (Å²) in [5.74, 6) is 1.69. The Morgan fingerprint density at radius 3 is 2.61 bits per heavy atom. The van der Waals surface area contributed by atoms with E-state index in [1.807, 2.05) is 35.0 Å². The molecule has 0 spiro atoms. The molecule has 5 rings (SSSR count). The maximum absolute atomic E-state index is 13.2. The van der Waals surface area contributed by atoms with Crippen molar-refractivity contribution in [1.82, 2.24) is 14.8 Å². The number of Topliss-reactive ketones (excluding diaryl/α,β-unsaturated/α-hetero) is 1. The number of fused-ring (bicyclic) bond motifs is 1. The summed E-state index contributed by atoms with van der Waals surface area (Å²) in [6.07, 6.45) is 1.36. The van der Waals surface area contributed by atoms with Gasteiger partial charge in [-0.3, -0.25) is 4.79 Å². The van der Waals surface area contributed by atoms with Crippen molar-refractivity contribution in [2.45, 2.75) is 43.6 Å². The second-order valence-electron chi connectivity index (χ2n) is 8.85. The van der Waals surface area contributed by atoms with E-state index in [9.17, 15) is 4.79 Å². The number of carbonyl (C=O) groups excluding carboxylic acids is 1. The van der Waals surface area contributed by atoms with E-state index in [1.54, 1.807) is 11.8 Å².